The Bertz CT molecular complexity index is 516. The molecule has 2 aromatic rings. The number of nitrogens with one attached hydrogen (secondary N) is 1. The summed E-state index contributed by atoms with van der Waals surface area (Å²) in [5.74, 6) is -0.00403. The molecular weight excluding hydrogens is 202 g/mol. The molecular formula is C12H15N3O. The normalized spacial score (nSPS) is 10.6. The summed E-state index contributed by atoms with van der Waals surface area (Å²) in [5.41, 5.74) is 7.72. The molecule has 16 heavy (non-hydrogen) atoms. The summed E-state index contributed by atoms with van der Waals surface area (Å²) in [6.45, 7) is 0.856. The van der Waals surface area contributed by atoms with Gasteiger partial charge < -0.3 is 15.6 Å². The van der Waals surface area contributed by atoms with Crippen molar-refractivity contribution in [2.75, 3.05) is 7.05 Å². The minimum absolute atomic E-state index is 0.00403. The van der Waals surface area contributed by atoms with Crippen LogP contribution in [0.25, 0.3) is 10.9 Å². The molecule has 0 aliphatic heterocycles. The molecule has 0 spiro atoms. The quantitative estimate of drug-likeness (QED) is 0.800. The molecule has 1 aromatic carbocycles. The van der Waals surface area contributed by atoms with E-state index in [0.29, 0.717) is 13.1 Å². The number of aromatic nitrogens is 1. The van der Waals surface area contributed by atoms with Crippen LogP contribution in [0.5, 0.6) is 0 Å². The molecule has 0 radical (unpaired) electrons. The molecule has 0 atom stereocenters. The highest BCUT2D eigenvalue weighted by molar-refractivity contribution is 5.83. The van der Waals surface area contributed by atoms with Crippen molar-refractivity contribution in [3.63, 3.8) is 0 Å². The lowest BCUT2D eigenvalue weighted by Crippen LogP contribution is -2.22. The Hall–Kier alpha value is -1.81. The van der Waals surface area contributed by atoms with E-state index in [9.17, 15) is 4.79 Å². The Morgan fingerprint density at radius 2 is 2.25 bits per heavy atom. The highest BCUT2D eigenvalue weighted by Gasteiger charge is 2.05. The maximum atomic E-state index is 11.3. The highest BCUT2D eigenvalue weighted by atomic mass is 16.1. The van der Waals surface area contributed by atoms with Crippen LogP contribution in [0.1, 0.15) is 5.56 Å². The van der Waals surface area contributed by atoms with Gasteiger partial charge in [0.15, 0.2) is 0 Å². The monoisotopic (exact) mass is 217 g/mol. The van der Waals surface area contributed by atoms with Gasteiger partial charge in [0.1, 0.15) is 6.54 Å². The van der Waals surface area contributed by atoms with E-state index in [-0.39, 0.29) is 5.91 Å². The first-order valence-corrected chi connectivity index (χ1v) is 5.23. The number of fused-ring (bicyclic) bond motifs is 1. The second kappa shape index (κ2) is 4.37. The zero-order chi connectivity index (χ0) is 11.5. The summed E-state index contributed by atoms with van der Waals surface area (Å²) in [7, 11) is 1.64. The van der Waals surface area contributed by atoms with Gasteiger partial charge in [-0.3, -0.25) is 4.79 Å². The first-order chi connectivity index (χ1) is 7.74. The van der Waals surface area contributed by atoms with Crippen molar-refractivity contribution in [1.29, 1.82) is 0 Å². The number of nitrogens with two attached hydrogens (primary N) is 1. The predicted octanol–water partition coefficient (Wildman–Crippen LogP) is 0.846. The van der Waals surface area contributed by atoms with Gasteiger partial charge in [0.05, 0.1) is 0 Å². The third kappa shape index (κ3) is 1.92. The molecule has 1 heterocycles. The number of rotatable bonds is 3. The van der Waals surface area contributed by atoms with Crippen LogP contribution in [-0.2, 0) is 17.9 Å². The minimum atomic E-state index is -0.00403. The lowest BCUT2D eigenvalue weighted by molar-refractivity contribution is -0.121. The van der Waals surface area contributed by atoms with E-state index >= 15 is 0 Å². The van der Waals surface area contributed by atoms with Crippen molar-refractivity contribution in [3.05, 3.63) is 36.0 Å². The largest absolute Gasteiger partial charge is 0.358 e. The van der Waals surface area contributed by atoms with Gasteiger partial charge in [0.25, 0.3) is 0 Å². The predicted molar refractivity (Wildman–Crippen MR) is 63.9 cm³/mol. The van der Waals surface area contributed by atoms with E-state index in [1.165, 1.54) is 0 Å². The molecule has 84 valence electrons. The summed E-state index contributed by atoms with van der Waals surface area (Å²) in [4.78, 5) is 11.3. The van der Waals surface area contributed by atoms with E-state index in [0.717, 1.165) is 16.5 Å². The Morgan fingerprint density at radius 3 is 2.94 bits per heavy atom. The molecule has 4 nitrogen and oxygen atoms in total. The number of hydrogen-bond acceptors (Lipinski definition) is 2. The zero-order valence-electron chi connectivity index (χ0n) is 9.23. The molecule has 3 N–H and O–H groups in total. The van der Waals surface area contributed by atoms with E-state index in [1.807, 2.05) is 35.0 Å². The fourth-order valence-electron chi connectivity index (χ4n) is 1.73. The van der Waals surface area contributed by atoms with Crippen molar-refractivity contribution in [3.8, 4) is 0 Å². The fraction of sp³-hybridized carbons (Fsp3) is 0.250. The van der Waals surface area contributed by atoms with Crippen LogP contribution in [-0.4, -0.2) is 17.5 Å². The molecule has 0 unspecified atom stereocenters. The topological polar surface area (TPSA) is 60.0 Å². The van der Waals surface area contributed by atoms with Crippen LogP contribution in [0.3, 0.4) is 0 Å². The van der Waals surface area contributed by atoms with Crippen molar-refractivity contribution in [1.82, 2.24) is 9.88 Å². The van der Waals surface area contributed by atoms with Gasteiger partial charge in [-0.15, -0.1) is 0 Å². The molecule has 0 aliphatic rings. The number of hydrogen-bond donors (Lipinski definition) is 2. The number of carbonyl (C=O) groups is 1. The van der Waals surface area contributed by atoms with Gasteiger partial charge in [0.2, 0.25) is 5.91 Å². The molecule has 4 heteroatoms. The Kier molecular flexibility index (Phi) is 2.92. The lowest BCUT2D eigenvalue weighted by Gasteiger charge is -2.05. The van der Waals surface area contributed by atoms with E-state index in [2.05, 4.69) is 5.32 Å². The number of carbonyl (C=O) groups excluding carboxylic acids is 1. The van der Waals surface area contributed by atoms with Crippen LogP contribution < -0.4 is 11.1 Å². The SMILES string of the molecule is CNC(=O)Cn1ccc2ccc(CN)cc21. The average Bonchev–Trinajstić information content (AvgIpc) is 2.71. The van der Waals surface area contributed by atoms with Crippen LogP contribution in [0.2, 0.25) is 0 Å². The Morgan fingerprint density at radius 1 is 1.44 bits per heavy atom. The molecule has 0 aliphatic carbocycles. The van der Waals surface area contributed by atoms with E-state index in [1.54, 1.807) is 7.05 Å². The van der Waals surface area contributed by atoms with Crippen LogP contribution >= 0.6 is 0 Å². The van der Waals surface area contributed by atoms with Crippen LogP contribution in [0.4, 0.5) is 0 Å². The summed E-state index contributed by atoms with van der Waals surface area (Å²) in [5, 5.41) is 3.74. The first kappa shape index (κ1) is 10.7. The summed E-state index contributed by atoms with van der Waals surface area (Å²) in [6, 6.07) is 8.06. The van der Waals surface area contributed by atoms with E-state index in [4.69, 9.17) is 5.73 Å². The number of amides is 1. The molecule has 2 rings (SSSR count). The lowest BCUT2D eigenvalue weighted by atomic mass is 10.1. The average molecular weight is 217 g/mol. The Labute approximate surface area is 94.0 Å². The van der Waals surface area contributed by atoms with E-state index < -0.39 is 0 Å². The second-order valence-corrected chi connectivity index (χ2v) is 3.71. The number of likely N-dealkylation sites (N-methyl/N-ethyl adjacent to an activating group) is 1. The van der Waals surface area contributed by atoms with Crippen LogP contribution in [0, 0.1) is 0 Å². The van der Waals surface area contributed by atoms with Crippen LogP contribution in [0.15, 0.2) is 30.5 Å². The molecule has 0 bridgehead atoms. The highest BCUT2D eigenvalue weighted by Crippen LogP contribution is 2.17. The fourth-order valence-corrected chi connectivity index (χ4v) is 1.73. The van der Waals surface area contributed by atoms with Gasteiger partial charge in [-0.1, -0.05) is 12.1 Å². The molecule has 1 aromatic heterocycles. The smallest absolute Gasteiger partial charge is 0.239 e. The summed E-state index contributed by atoms with van der Waals surface area (Å²) < 4.78 is 1.92. The molecule has 0 saturated carbocycles. The number of benzene rings is 1. The van der Waals surface area contributed by atoms with Crippen molar-refractivity contribution in [2.24, 2.45) is 5.73 Å². The third-order valence-electron chi connectivity index (χ3n) is 2.67. The third-order valence-corrected chi connectivity index (χ3v) is 2.67. The molecule has 0 saturated heterocycles. The van der Waals surface area contributed by atoms with Crippen molar-refractivity contribution < 1.29 is 4.79 Å². The van der Waals surface area contributed by atoms with Gasteiger partial charge >= 0.3 is 0 Å². The molecule has 1 amide bonds. The standard InChI is InChI=1S/C12H15N3O/c1-14-12(16)8-15-5-4-10-3-2-9(7-13)6-11(10)15/h2-6H,7-8,13H2,1H3,(H,14,16). The molecule has 0 fully saturated rings. The second-order valence-electron chi connectivity index (χ2n) is 3.71. The van der Waals surface area contributed by atoms with Gasteiger partial charge in [-0.05, 0) is 23.1 Å². The maximum absolute atomic E-state index is 11.3. The van der Waals surface area contributed by atoms with Gasteiger partial charge in [0, 0.05) is 25.3 Å². The Balaban J connectivity index is 2.41. The number of nitrogens with zero attached hydrogens (tertiary/aromatic N) is 1. The maximum Gasteiger partial charge on any atom is 0.239 e. The summed E-state index contributed by atoms with van der Waals surface area (Å²) >= 11 is 0. The summed E-state index contributed by atoms with van der Waals surface area (Å²) in [6.07, 6.45) is 1.92. The minimum Gasteiger partial charge on any atom is -0.358 e. The zero-order valence-corrected chi connectivity index (χ0v) is 9.23. The van der Waals surface area contributed by atoms with Crippen molar-refractivity contribution in [2.45, 2.75) is 13.1 Å². The first-order valence-electron chi connectivity index (χ1n) is 5.23. The van der Waals surface area contributed by atoms with Gasteiger partial charge in [-0.25, -0.2) is 0 Å². The van der Waals surface area contributed by atoms with Gasteiger partial charge in [-0.2, -0.15) is 0 Å². The van der Waals surface area contributed by atoms with Crippen molar-refractivity contribution >= 4 is 16.8 Å².